The maximum atomic E-state index is 5.56. The van der Waals surface area contributed by atoms with E-state index in [-0.39, 0.29) is 0 Å². The number of nitrogens with one attached hydrogen (secondary N) is 1. The van der Waals surface area contributed by atoms with Crippen LogP contribution in [0.4, 0.5) is 0 Å². The lowest BCUT2D eigenvalue weighted by Crippen LogP contribution is -2.35. The summed E-state index contributed by atoms with van der Waals surface area (Å²) < 4.78 is 5.56. The third kappa shape index (κ3) is 4.40. The van der Waals surface area contributed by atoms with Gasteiger partial charge in [-0.2, -0.15) is 0 Å². The fraction of sp³-hybridized carbons (Fsp3) is 1.00. The molecule has 1 heterocycles. The van der Waals surface area contributed by atoms with Crippen molar-refractivity contribution in [1.29, 1.82) is 0 Å². The van der Waals surface area contributed by atoms with Crippen molar-refractivity contribution in [2.45, 2.75) is 26.3 Å². The summed E-state index contributed by atoms with van der Waals surface area (Å²) >= 11 is 0. The van der Waals surface area contributed by atoms with Crippen molar-refractivity contribution in [3.63, 3.8) is 0 Å². The van der Waals surface area contributed by atoms with Crippen molar-refractivity contribution >= 4 is 0 Å². The highest BCUT2D eigenvalue weighted by atomic mass is 16.5. The van der Waals surface area contributed by atoms with Gasteiger partial charge in [0.15, 0.2) is 0 Å². The zero-order valence-corrected chi connectivity index (χ0v) is 9.75. The topological polar surface area (TPSA) is 24.5 Å². The summed E-state index contributed by atoms with van der Waals surface area (Å²) in [5.41, 5.74) is 0. The van der Waals surface area contributed by atoms with Crippen LogP contribution in [0, 0.1) is 5.92 Å². The lowest BCUT2D eigenvalue weighted by molar-refractivity contribution is 0.0833. The Balaban J connectivity index is 1.99. The molecule has 0 aromatic rings. The molecule has 3 nitrogen and oxygen atoms in total. The van der Waals surface area contributed by atoms with Gasteiger partial charge in [-0.3, -0.25) is 4.90 Å². The Labute approximate surface area is 87.8 Å². The van der Waals surface area contributed by atoms with Crippen molar-refractivity contribution in [2.24, 2.45) is 5.92 Å². The summed E-state index contributed by atoms with van der Waals surface area (Å²) in [7, 11) is 2.19. The summed E-state index contributed by atoms with van der Waals surface area (Å²) in [5.74, 6) is 0.647. The number of hydrogen-bond acceptors (Lipinski definition) is 3. The molecular formula is C11H24N2O. The van der Waals surface area contributed by atoms with E-state index in [9.17, 15) is 0 Å². The zero-order chi connectivity index (χ0) is 10.4. The SMILES string of the molecule is CC(C)COCCN(C)C1CCNC1. The van der Waals surface area contributed by atoms with Crippen LogP contribution in [0.5, 0.6) is 0 Å². The molecule has 84 valence electrons. The Morgan fingerprint density at radius 3 is 2.86 bits per heavy atom. The van der Waals surface area contributed by atoms with Crippen molar-refractivity contribution < 1.29 is 4.74 Å². The lowest BCUT2D eigenvalue weighted by atomic mass is 10.2. The molecule has 0 aromatic carbocycles. The van der Waals surface area contributed by atoms with Crippen molar-refractivity contribution in [3.05, 3.63) is 0 Å². The fourth-order valence-corrected chi connectivity index (χ4v) is 1.73. The molecule has 1 aliphatic rings. The standard InChI is InChI=1S/C11H24N2O/c1-10(2)9-14-7-6-13(3)11-4-5-12-8-11/h10-12H,4-9H2,1-3H3. The number of likely N-dealkylation sites (N-methyl/N-ethyl adjacent to an activating group) is 1. The first kappa shape index (κ1) is 12.0. The van der Waals surface area contributed by atoms with Crippen LogP contribution in [0.25, 0.3) is 0 Å². The summed E-state index contributed by atoms with van der Waals surface area (Å²) in [6.45, 7) is 9.48. The Kier molecular flexibility index (Phi) is 5.45. The molecule has 0 bridgehead atoms. The molecule has 1 N–H and O–H groups in total. The molecule has 3 heteroatoms. The highest BCUT2D eigenvalue weighted by Crippen LogP contribution is 2.05. The van der Waals surface area contributed by atoms with Crippen LogP contribution in [0.2, 0.25) is 0 Å². The molecule has 1 atom stereocenters. The smallest absolute Gasteiger partial charge is 0.0593 e. The van der Waals surface area contributed by atoms with Gasteiger partial charge in [0.05, 0.1) is 6.61 Å². The van der Waals surface area contributed by atoms with Crippen LogP contribution in [-0.4, -0.2) is 50.8 Å². The van der Waals surface area contributed by atoms with E-state index in [1.165, 1.54) is 13.0 Å². The van der Waals surface area contributed by atoms with Gasteiger partial charge in [0.1, 0.15) is 0 Å². The first-order chi connectivity index (χ1) is 6.70. The molecule has 0 radical (unpaired) electrons. The number of hydrogen-bond donors (Lipinski definition) is 1. The number of rotatable bonds is 6. The predicted octanol–water partition coefficient (Wildman–Crippen LogP) is 0.953. The molecule has 0 amide bonds. The quantitative estimate of drug-likeness (QED) is 0.646. The van der Waals surface area contributed by atoms with E-state index in [1.807, 2.05) is 0 Å². The van der Waals surface area contributed by atoms with Crippen LogP contribution in [-0.2, 0) is 4.74 Å². The monoisotopic (exact) mass is 200 g/mol. The number of nitrogens with zero attached hydrogens (tertiary/aromatic N) is 1. The third-order valence-corrected chi connectivity index (χ3v) is 2.70. The third-order valence-electron chi connectivity index (χ3n) is 2.70. The predicted molar refractivity (Wildman–Crippen MR) is 59.6 cm³/mol. The first-order valence-electron chi connectivity index (χ1n) is 5.69. The molecule has 1 saturated heterocycles. The van der Waals surface area contributed by atoms with Crippen LogP contribution < -0.4 is 5.32 Å². The molecule has 1 unspecified atom stereocenters. The average molecular weight is 200 g/mol. The molecule has 14 heavy (non-hydrogen) atoms. The van der Waals surface area contributed by atoms with E-state index >= 15 is 0 Å². The Bertz CT molecular complexity index is 144. The molecule has 0 spiro atoms. The Morgan fingerprint density at radius 2 is 2.29 bits per heavy atom. The van der Waals surface area contributed by atoms with Gasteiger partial charge in [-0.15, -0.1) is 0 Å². The molecular weight excluding hydrogens is 176 g/mol. The van der Waals surface area contributed by atoms with E-state index in [4.69, 9.17) is 4.74 Å². The van der Waals surface area contributed by atoms with E-state index in [1.54, 1.807) is 0 Å². The van der Waals surface area contributed by atoms with Crippen LogP contribution in [0.15, 0.2) is 0 Å². The highest BCUT2D eigenvalue weighted by molar-refractivity contribution is 4.78. The van der Waals surface area contributed by atoms with Gasteiger partial charge in [-0.1, -0.05) is 13.8 Å². The molecule has 1 rings (SSSR count). The molecule has 1 fully saturated rings. The lowest BCUT2D eigenvalue weighted by Gasteiger charge is -2.23. The zero-order valence-electron chi connectivity index (χ0n) is 9.75. The van der Waals surface area contributed by atoms with Gasteiger partial charge in [-0.25, -0.2) is 0 Å². The largest absolute Gasteiger partial charge is 0.380 e. The second-order valence-corrected chi connectivity index (χ2v) is 4.60. The average Bonchev–Trinajstić information content (AvgIpc) is 2.64. The van der Waals surface area contributed by atoms with E-state index in [0.29, 0.717) is 5.92 Å². The summed E-state index contributed by atoms with van der Waals surface area (Å²) in [4.78, 5) is 2.40. The Morgan fingerprint density at radius 1 is 1.50 bits per heavy atom. The second kappa shape index (κ2) is 6.38. The van der Waals surface area contributed by atoms with Crippen molar-refractivity contribution in [1.82, 2.24) is 10.2 Å². The molecule has 0 aromatic heterocycles. The molecule has 0 saturated carbocycles. The number of ether oxygens (including phenoxy) is 1. The highest BCUT2D eigenvalue weighted by Gasteiger charge is 2.18. The minimum Gasteiger partial charge on any atom is -0.380 e. The van der Waals surface area contributed by atoms with Gasteiger partial charge < -0.3 is 10.1 Å². The Hall–Kier alpha value is -0.120. The minimum absolute atomic E-state index is 0.647. The van der Waals surface area contributed by atoms with E-state index in [0.717, 1.165) is 32.3 Å². The van der Waals surface area contributed by atoms with Crippen LogP contribution in [0.3, 0.4) is 0 Å². The van der Waals surface area contributed by atoms with Crippen molar-refractivity contribution in [3.8, 4) is 0 Å². The summed E-state index contributed by atoms with van der Waals surface area (Å²) in [5, 5.41) is 3.38. The maximum absolute atomic E-state index is 5.56. The van der Waals surface area contributed by atoms with Crippen LogP contribution in [0.1, 0.15) is 20.3 Å². The molecule has 0 aliphatic carbocycles. The second-order valence-electron chi connectivity index (χ2n) is 4.60. The van der Waals surface area contributed by atoms with Crippen LogP contribution >= 0.6 is 0 Å². The van der Waals surface area contributed by atoms with Gasteiger partial charge >= 0.3 is 0 Å². The normalized spacial score (nSPS) is 22.5. The summed E-state index contributed by atoms with van der Waals surface area (Å²) in [6.07, 6.45) is 1.28. The van der Waals surface area contributed by atoms with E-state index in [2.05, 4.69) is 31.1 Å². The fourth-order valence-electron chi connectivity index (χ4n) is 1.73. The van der Waals surface area contributed by atoms with Gasteiger partial charge in [0.2, 0.25) is 0 Å². The minimum atomic E-state index is 0.647. The van der Waals surface area contributed by atoms with Gasteiger partial charge in [-0.05, 0) is 25.9 Å². The van der Waals surface area contributed by atoms with Crippen molar-refractivity contribution in [2.75, 3.05) is 39.9 Å². The van der Waals surface area contributed by atoms with Gasteiger partial charge in [0.25, 0.3) is 0 Å². The van der Waals surface area contributed by atoms with Gasteiger partial charge in [0, 0.05) is 25.7 Å². The van der Waals surface area contributed by atoms with E-state index < -0.39 is 0 Å². The molecule has 1 aliphatic heterocycles. The maximum Gasteiger partial charge on any atom is 0.0593 e. The summed E-state index contributed by atoms with van der Waals surface area (Å²) in [6, 6.07) is 0.720. The first-order valence-corrected chi connectivity index (χ1v) is 5.69.